The van der Waals surface area contributed by atoms with Crippen molar-refractivity contribution in [3.63, 3.8) is 0 Å². The molecule has 100 valence electrons. The van der Waals surface area contributed by atoms with Crippen molar-refractivity contribution in [2.45, 2.75) is 19.3 Å². The summed E-state index contributed by atoms with van der Waals surface area (Å²) in [4.78, 5) is 13.4. The minimum absolute atomic E-state index is 0.0573. The molecule has 0 aromatic heterocycles. The van der Waals surface area contributed by atoms with E-state index in [9.17, 15) is 9.18 Å². The number of nitrogens with zero attached hydrogens (tertiary/aromatic N) is 2. The molecule has 5 heteroatoms. The molecular formula is C14H14BrFN2O. The van der Waals surface area contributed by atoms with Crippen LogP contribution in [0.15, 0.2) is 22.7 Å². The van der Waals surface area contributed by atoms with Crippen molar-refractivity contribution in [3.8, 4) is 6.07 Å². The molecular weight excluding hydrogens is 311 g/mol. The zero-order valence-electron chi connectivity index (χ0n) is 10.4. The molecule has 1 heterocycles. The second-order valence-corrected chi connectivity index (χ2v) is 5.61. The summed E-state index contributed by atoms with van der Waals surface area (Å²) in [6, 6.07) is 6.99. The van der Waals surface area contributed by atoms with Crippen LogP contribution < -0.4 is 0 Å². The average molecular weight is 325 g/mol. The van der Waals surface area contributed by atoms with Crippen LogP contribution in [0.5, 0.6) is 0 Å². The average Bonchev–Trinajstić information content (AvgIpc) is 2.41. The second-order valence-electron chi connectivity index (χ2n) is 4.69. The van der Waals surface area contributed by atoms with Crippen LogP contribution in [0.4, 0.5) is 4.39 Å². The van der Waals surface area contributed by atoms with E-state index in [1.807, 2.05) is 0 Å². The fourth-order valence-corrected chi connectivity index (χ4v) is 2.64. The Morgan fingerprint density at radius 2 is 2.32 bits per heavy atom. The highest BCUT2D eigenvalue weighted by atomic mass is 79.9. The fraction of sp³-hybridized carbons (Fsp3) is 0.429. The monoisotopic (exact) mass is 324 g/mol. The molecule has 2 rings (SSSR count). The van der Waals surface area contributed by atoms with Gasteiger partial charge < -0.3 is 4.90 Å². The summed E-state index contributed by atoms with van der Waals surface area (Å²) in [5, 5.41) is 8.91. The quantitative estimate of drug-likeness (QED) is 0.858. The number of carbonyl (C=O) groups excluding carboxylic acids is 1. The third-order valence-electron chi connectivity index (χ3n) is 3.34. The minimum Gasteiger partial charge on any atom is -0.341 e. The van der Waals surface area contributed by atoms with Crippen molar-refractivity contribution >= 4 is 21.8 Å². The Kier molecular flexibility index (Phi) is 4.54. The van der Waals surface area contributed by atoms with E-state index in [2.05, 4.69) is 22.0 Å². The van der Waals surface area contributed by atoms with Gasteiger partial charge in [-0.15, -0.1) is 0 Å². The first-order valence-corrected chi connectivity index (χ1v) is 7.01. The molecule has 3 nitrogen and oxygen atoms in total. The van der Waals surface area contributed by atoms with Gasteiger partial charge in [-0.25, -0.2) is 4.39 Å². The number of hydrogen-bond donors (Lipinski definition) is 0. The summed E-state index contributed by atoms with van der Waals surface area (Å²) in [6.45, 7) is 0.926. The second kappa shape index (κ2) is 6.16. The lowest BCUT2D eigenvalue weighted by Crippen LogP contribution is -2.40. The normalized spacial score (nSPS) is 19.3. The number of likely N-dealkylation sites (tertiary alicyclic amines) is 1. The molecule has 0 N–H and O–H groups in total. The maximum Gasteiger partial charge on any atom is 0.222 e. The van der Waals surface area contributed by atoms with E-state index in [4.69, 9.17) is 5.26 Å². The highest BCUT2D eigenvalue weighted by Crippen LogP contribution is 2.19. The number of benzene rings is 1. The summed E-state index contributed by atoms with van der Waals surface area (Å²) >= 11 is 3.30. The highest BCUT2D eigenvalue weighted by Gasteiger charge is 2.25. The van der Waals surface area contributed by atoms with Gasteiger partial charge in [0.2, 0.25) is 5.91 Å². The fourth-order valence-electron chi connectivity index (χ4n) is 2.23. The van der Waals surface area contributed by atoms with Crippen molar-refractivity contribution < 1.29 is 9.18 Å². The number of hydrogen-bond acceptors (Lipinski definition) is 2. The number of piperidine rings is 1. The molecule has 1 aromatic rings. The summed E-state index contributed by atoms with van der Waals surface area (Å²) in [6.07, 6.45) is 1.52. The zero-order chi connectivity index (χ0) is 13.8. The van der Waals surface area contributed by atoms with E-state index in [1.165, 1.54) is 6.07 Å². The summed E-state index contributed by atoms with van der Waals surface area (Å²) in [5.41, 5.74) is 0.584. The number of amides is 1. The van der Waals surface area contributed by atoms with Gasteiger partial charge in [0, 0.05) is 24.0 Å². The van der Waals surface area contributed by atoms with E-state index in [1.54, 1.807) is 17.0 Å². The van der Waals surface area contributed by atoms with Gasteiger partial charge in [0.25, 0.3) is 0 Å². The van der Waals surface area contributed by atoms with Crippen LogP contribution in [-0.4, -0.2) is 23.9 Å². The van der Waals surface area contributed by atoms with Crippen molar-refractivity contribution in [1.29, 1.82) is 5.26 Å². The maximum atomic E-state index is 13.6. The van der Waals surface area contributed by atoms with Crippen LogP contribution >= 0.6 is 15.9 Å². The van der Waals surface area contributed by atoms with Crippen LogP contribution in [-0.2, 0) is 11.2 Å². The third kappa shape index (κ3) is 3.54. The van der Waals surface area contributed by atoms with Crippen molar-refractivity contribution in [2.75, 3.05) is 13.1 Å². The highest BCUT2D eigenvalue weighted by molar-refractivity contribution is 9.10. The van der Waals surface area contributed by atoms with E-state index in [-0.39, 0.29) is 17.6 Å². The molecule has 0 spiro atoms. The Morgan fingerprint density at radius 1 is 1.53 bits per heavy atom. The molecule has 1 amide bonds. The summed E-state index contributed by atoms with van der Waals surface area (Å²) in [5.74, 6) is -0.295. The van der Waals surface area contributed by atoms with Gasteiger partial charge in [-0.2, -0.15) is 5.26 Å². The molecule has 0 saturated carbocycles. The molecule has 1 atom stereocenters. The number of carbonyl (C=O) groups is 1. The lowest BCUT2D eigenvalue weighted by atomic mass is 9.98. The van der Waals surface area contributed by atoms with Gasteiger partial charge in [-0.05, 0) is 36.6 Å². The Morgan fingerprint density at radius 3 is 3.05 bits per heavy atom. The van der Waals surface area contributed by atoms with Crippen molar-refractivity contribution in [1.82, 2.24) is 4.90 Å². The Balaban J connectivity index is 1.99. The minimum atomic E-state index is -0.260. The van der Waals surface area contributed by atoms with E-state index in [0.29, 0.717) is 37.9 Å². The van der Waals surface area contributed by atoms with E-state index in [0.717, 1.165) is 4.47 Å². The SMILES string of the molecule is N#CC1CCC(=O)N(CCc2cc(Br)ccc2F)C1. The van der Waals surface area contributed by atoms with Crippen LogP contribution in [0.25, 0.3) is 0 Å². The molecule has 0 aliphatic carbocycles. The smallest absolute Gasteiger partial charge is 0.222 e. The standard InChI is InChI=1S/C14H14BrFN2O/c15-12-2-3-13(16)11(7-12)5-6-18-9-10(8-17)1-4-14(18)19/h2-3,7,10H,1,4-6,9H2. The summed E-state index contributed by atoms with van der Waals surface area (Å²) < 4.78 is 14.4. The van der Waals surface area contributed by atoms with Crippen molar-refractivity contribution in [2.24, 2.45) is 5.92 Å². The predicted octanol–water partition coefficient (Wildman–Crippen LogP) is 2.89. The van der Waals surface area contributed by atoms with Crippen LogP contribution in [0, 0.1) is 23.1 Å². The molecule has 1 saturated heterocycles. The molecule has 0 bridgehead atoms. The Hall–Kier alpha value is -1.41. The molecule has 1 fully saturated rings. The van der Waals surface area contributed by atoms with Gasteiger partial charge >= 0.3 is 0 Å². The summed E-state index contributed by atoms with van der Waals surface area (Å²) in [7, 11) is 0. The zero-order valence-corrected chi connectivity index (χ0v) is 12.0. The van der Waals surface area contributed by atoms with Gasteiger partial charge in [-0.1, -0.05) is 15.9 Å². The first kappa shape index (κ1) is 14.0. The maximum absolute atomic E-state index is 13.6. The number of nitriles is 1. The molecule has 1 aliphatic rings. The van der Waals surface area contributed by atoms with Crippen LogP contribution in [0.3, 0.4) is 0 Å². The molecule has 1 aliphatic heterocycles. The third-order valence-corrected chi connectivity index (χ3v) is 3.83. The Bertz CT molecular complexity index is 527. The van der Waals surface area contributed by atoms with E-state index < -0.39 is 0 Å². The Labute approximate surface area is 120 Å². The lowest BCUT2D eigenvalue weighted by molar-refractivity contribution is -0.134. The lowest BCUT2D eigenvalue weighted by Gasteiger charge is -2.29. The number of halogens is 2. The topological polar surface area (TPSA) is 44.1 Å². The van der Waals surface area contributed by atoms with Crippen LogP contribution in [0.2, 0.25) is 0 Å². The largest absolute Gasteiger partial charge is 0.341 e. The van der Waals surface area contributed by atoms with E-state index >= 15 is 0 Å². The predicted molar refractivity (Wildman–Crippen MR) is 72.7 cm³/mol. The number of rotatable bonds is 3. The molecule has 1 aromatic carbocycles. The molecule has 19 heavy (non-hydrogen) atoms. The van der Waals surface area contributed by atoms with Crippen LogP contribution in [0.1, 0.15) is 18.4 Å². The first-order valence-electron chi connectivity index (χ1n) is 6.21. The first-order chi connectivity index (χ1) is 9.10. The van der Waals surface area contributed by atoms with Gasteiger partial charge in [0.05, 0.1) is 12.0 Å². The van der Waals surface area contributed by atoms with Gasteiger partial charge in [0.1, 0.15) is 5.82 Å². The van der Waals surface area contributed by atoms with Gasteiger partial charge in [0.15, 0.2) is 0 Å². The molecule has 0 radical (unpaired) electrons. The molecule has 1 unspecified atom stereocenters. The van der Waals surface area contributed by atoms with Crippen molar-refractivity contribution in [3.05, 3.63) is 34.1 Å². The van der Waals surface area contributed by atoms with Gasteiger partial charge in [-0.3, -0.25) is 4.79 Å².